The van der Waals surface area contributed by atoms with Crippen LogP contribution < -0.4 is 0 Å². The molecule has 0 aromatic carbocycles. The van der Waals surface area contributed by atoms with Crippen LogP contribution in [0.4, 0.5) is 0 Å². The molecular weight excluding hydrogens is 292 g/mol. The molecule has 0 aromatic rings. The van der Waals surface area contributed by atoms with Crippen LogP contribution in [0, 0.1) is 0 Å². The lowest BCUT2D eigenvalue weighted by atomic mass is 9.89. The molecule has 0 spiro atoms. The standard InChI is InChI=1S/C18H34N2O3/c1-14(2)23-13-18(22)12-19-10-5-8-17(9-11-19)20(15(3)21)16-6-4-7-16/h14,16-18,22H,4-13H2,1-3H3/t17-,18-/m1/s1. The molecule has 1 saturated heterocycles. The molecule has 2 rings (SSSR count). The van der Waals surface area contributed by atoms with Crippen molar-refractivity contribution in [3.05, 3.63) is 0 Å². The summed E-state index contributed by atoms with van der Waals surface area (Å²) >= 11 is 0. The minimum atomic E-state index is -0.426. The van der Waals surface area contributed by atoms with E-state index in [9.17, 15) is 9.90 Å². The second-order valence-corrected chi connectivity index (χ2v) is 7.43. The topological polar surface area (TPSA) is 53.0 Å². The van der Waals surface area contributed by atoms with Crippen molar-refractivity contribution in [3.63, 3.8) is 0 Å². The summed E-state index contributed by atoms with van der Waals surface area (Å²) in [5, 5.41) is 10.1. The summed E-state index contributed by atoms with van der Waals surface area (Å²) in [6.45, 7) is 8.72. The monoisotopic (exact) mass is 326 g/mol. The van der Waals surface area contributed by atoms with E-state index in [1.165, 1.54) is 19.3 Å². The molecule has 23 heavy (non-hydrogen) atoms. The molecule has 1 aliphatic carbocycles. The first-order valence-electron chi connectivity index (χ1n) is 9.28. The van der Waals surface area contributed by atoms with Crippen LogP contribution in [0.15, 0.2) is 0 Å². The summed E-state index contributed by atoms with van der Waals surface area (Å²) in [6.07, 6.45) is 6.54. The van der Waals surface area contributed by atoms with Crippen molar-refractivity contribution < 1.29 is 14.6 Å². The third-order valence-corrected chi connectivity index (χ3v) is 5.11. The number of rotatable bonds is 7. The summed E-state index contributed by atoms with van der Waals surface area (Å²) in [6, 6.07) is 0.862. The van der Waals surface area contributed by atoms with Crippen molar-refractivity contribution in [3.8, 4) is 0 Å². The zero-order valence-corrected chi connectivity index (χ0v) is 15.0. The number of hydrogen-bond acceptors (Lipinski definition) is 4. The van der Waals surface area contributed by atoms with Gasteiger partial charge < -0.3 is 19.6 Å². The summed E-state index contributed by atoms with van der Waals surface area (Å²) in [4.78, 5) is 16.5. The first-order valence-corrected chi connectivity index (χ1v) is 9.28. The minimum Gasteiger partial charge on any atom is -0.389 e. The minimum absolute atomic E-state index is 0.157. The molecule has 1 aliphatic heterocycles. The maximum absolute atomic E-state index is 12.1. The van der Waals surface area contributed by atoms with E-state index >= 15 is 0 Å². The number of likely N-dealkylation sites (tertiary alicyclic amines) is 1. The number of β-amino-alcohol motifs (C(OH)–C–C–N with tert-alkyl or cyclic N) is 1. The molecule has 2 atom stereocenters. The zero-order chi connectivity index (χ0) is 16.8. The predicted octanol–water partition coefficient (Wildman–Crippen LogP) is 2.03. The van der Waals surface area contributed by atoms with Crippen LogP contribution in [0.25, 0.3) is 0 Å². The third-order valence-electron chi connectivity index (χ3n) is 5.11. The second-order valence-electron chi connectivity index (χ2n) is 7.43. The van der Waals surface area contributed by atoms with E-state index in [2.05, 4.69) is 9.80 Å². The van der Waals surface area contributed by atoms with Gasteiger partial charge in [0.05, 0.1) is 18.8 Å². The fourth-order valence-electron chi connectivity index (χ4n) is 3.73. The van der Waals surface area contributed by atoms with Crippen molar-refractivity contribution >= 4 is 5.91 Å². The van der Waals surface area contributed by atoms with E-state index in [1.54, 1.807) is 6.92 Å². The highest BCUT2D eigenvalue weighted by atomic mass is 16.5. The number of carbonyl (C=O) groups is 1. The predicted molar refractivity (Wildman–Crippen MR) is 91.3 cm³/mol. The number of ether oxygens (including phenoxy) is 1. The Bertz CT molecular complexity index is 371. The smallest absolute Gasteiger partial charge is 0.219 e. The maximum atomic E-state index is 12.1. The van der Waals surface area contributed by atoms with Gasteiger partial charge in [0, 0.05) is 32.1 Å². The van der Waals surface area contributed by atoms with Gasteiger partial charge in [-0.05, 0) is 58.9 Å². The molecule has 1 saturated carbocycles. The molecule has 2 fully saturated rings. The highest BCUT2D eigenvalue weighted by Gasteiger charge is 2.33. The Balaban J connectivity index is 1.80. The summed E-state index contributed by atoms with van der Waals surface area (Å²) < 4.78 is 5.49. The molecule has 134 valence electrons. The fraction of sp³-hybridized carbons (Fsp3) is 0.944. The first kappa shape index (κ1) is 18.7. The lowest BCUT2D eigenvalue weighted by molar-refractivity contribution is -0.136. The van der Waals surface area contributed by atoms with Crippen LogP contribution >= 0.6 is 0 Å². The molecule has 0 unspecified atom stereocenters. The van der Waals surface area contributed by atoms with Gasteiger partial charge in [0.1, 0.15) is 0 Å². The Kier molecular flexibility index (Phi) is 7.31. The number of nitrogens with zero attached hydrogens (tertiary/aromatic N) is 2. The second kappa shape index (κ2) is 9.00. The Morgan fingerprint density at radius 3 is 2.39 bits per heavy atom. The van der Waals surface area contributed by atoms with E-state index in [0.29, 0.717) is 25.2 Å². The van der Waals surface area contributed by atoms with Gasteiger partial charge in [-0.15, -0.1) is 0 Å². The lowest BCUT2D eigenvalue weighted by Crippen LogP contribution is -2.49. The van der Waals surface area contributed by atoms with E-state index < -0.39 is 6.10 Å². The number of hydrogen-bond donors (Lipinski definition) is 1. The van der Waals surface area contributed by atoms with Crippen LogP contribution in [0.2, 0.25) is 0 Å². The number of carbonyl (C=O) groups excluding carboxylic acids is 1. The van der Waals surface area contributed by atoms with Crippen molar-refractivity contribution in [2.45, 2.75) is 83.6 Å². The van der Waals surface area contributed by atoms with E-state index in [0.717, 1.165) is 32.4 Å². The van der Waals surface area contributed by atoms with Gasteiger partial charge in [-0.1, -0.05) is 0 Å². The normalized spacial score (nSPS) is 25.0. The van der Waals surface area contributed by atoms with Crippen LogP contribution in [0.3, 0.4) is 0 Å². The van der Waals surface area contributed by atoms with Gasteiger partial charge in [0.25, 0.3) is 0 Å². The summed E-state index contributed by atoms with van der Waals surface area (Å²) in [5.74, 6) is 0.235. The molecule has 0 aromatic heterocycles. The Hall–Kier alpha value is -0.650. The van der Waals surface area contributed by atoms with Gasteiger partial charge >= 0.3 is 0 Å². The van der Waals surface area contributed by atoms with Gasteiger partial charge in [-0.2, -0.15) is 0 Å². The quantitative estimate of drug-likeness (QED) is 0.778. The van der Waals surface area contributed by atoms with Crippen LogP contribution in [-0.4, -0.2) is 71.3 Å². The number of amides is 1. The Morgan fingerprint density at radius 1 is 1.17 bits per heavy atom. The number of aliphatic hydroxyl groups excluding tert-OH is 1. The largest absolute Gasteiger partial charge is 0.389 e. The van der Waals surface area contributed by atoms with Crippen molar-refractivity contribution in [2.75, 3.05) is 26.2 Å². The average molecular weight is 326 g/mol. The Labute approximate surface area is 141 Å². The molecule has 1 heterocycles. The molecule has 1 amide bonds. The molecule has 0 radical (unpaired) electrons. The van der Waals surface area contributed by atoms with Gasteiger partial charge in [0.2, 0.25) is 5.91 Å². The first-order chi connectivity index (χ1) is 11.0. The molecule has 1 N–H and O–H groups in total. The van der Waals surface area contributed by atoms with Crippen molar-refractivity contribution in [1.29, 1.82) is 0 Å². The van der Waals surface area contributed by atoms with Crippen LogP contribution in [-0.2, 0) is 9.53 Å². The number of aliphatic hydroxyl groups is 1. The lowest BCUT2D eigenvalue weighted by Gasteiger charge is -2.42. The SMILES string of the molecule is CC(=O)N(C1CCC1)[C@@H]1CCCN(C[C@@H](O)COC(C)C)CC1. The van der Waals surface area contributed by atoms with E-state index in [1.807, 2.05) is 13.8 Å². The van der Waals surface area contributed by atoms with Crippen LogP contribution in [0.5, 0.6) is 0 Å². The molecular formula is C18H34N2O3. The average Bonchev–Trinajstić information content (AvgIpc) is 2.65. The maximum Gasteiger partial charge on any atom is 0.219 e. The van der Waals surface area contributed by atoms with Crippen LogP contribution in [0.1, 0.15) is 59.3 Å². The fourth-order valence-corrected chi connectivity index (χ4v) is 3.73. The third kappa shape index (κ3) is 5.73. The van der Waals surface area contributed by atoms with E-state index in [-0.39, 0.29) is 12.0 Å². The molecule has 5 heteroatoms. The van der Waals surface area contributed by atoms with Gasteiger partial charge in [-0.3, -0.25) is 4.79 Å². The highest BCUT2D eigenvalue weighted by Crippen LogP contribution is 2.30. The molecule has 5 nitrogen and oxygen atoms in total. The zero-order valence-electron chi connectivity index (χ0n) is 15.0. The Morgan fingerprint density at radius 2 is 1.83 bits per heavy atom. The van der Waals surface area contributed by atoms with Crippen molar-refractivity contribution in [1.82, 2.24) is 9.80 Å². The summed E-state index contributed by atoms with van der Waals surface area (Å²) in [7, 11) is 0. The van der Waals surface area contributed by atoms with Crippen molar-refractivity contribution in [2.24, 2.45) is 0 Å². The van der Waals surface area contributed by atoms with Gasteiger partial charge in [0.15, 0.2) is 0 Å². The van der Waals surface area contributed by atoms with E-state index in [4.69, 9.17) is 4.74 Å². The molecule has 2 aliphatic rings. The molecule has 0 bridgehead atoms. The van der Waals surface area contributed by atoms with Gasteiger partial charge in [-0.25, -0.2) is 0 Å². The summed E-state index contributed by atoms with van der Waals surface area (Å²) in [5.41, 5.74) is 0. The highest BCUT2D eigenvalue weighted by molar-refractivity contribution is 5.74.